The molecule has 686 valence electrons. The van der Waals surface area contributed by atoms with Crippen molar-refractivity contribution < 1.29 is 93.0 Å². The smallest absolute Gasteiger partial charge is 0.375 e. The second-order valence-corrected chi connectivity index (χ2v) is 35.9. The maximum absolute atomic E-state index is 13.9. The molecule has 0 unspecified atom stereocenters. The predicted octanol–water partition coefficient (Wildman–Crippen LogP) is 15.4. The summed E-state index contributed by atoms with van der Waals surface area (Å²) < 4.78 is 95.0. The van der Waals surface area contributed by atoms with Crippen molar-refractivity contribution in [3.8, 4) is 12.1 Å². The first-order valence-electron chi connectivity index (χ1n) is 41.7. The molecule has 0 aliphatic carbocycles. The van der Waals surface area contributed by atoms with Crippen molar-refractivity contribution in [2.24, 2.45) is 5.73 Å². The van der Waals surface area contributed by atoms with Gasteiger partial charge in [-0.3, -0.25) is 9.69 Å². The number of urea groups is 1. The van der Waals surface area contributed by atoms with E-state index in [0.717, 1.165) is 113 Å². The SMILES string of the molecule is CC(C)(C#N)c1c[nH]c2cc(F)ccc12.CC(C)(CN)c1c[nH]c2cc(F)ccc12.CC(C)OC(=O)C(=O)CBr.CC(C)OC(=O)C1=CN(C(=O)N2CC[N+](C)(C)CC2)CC(C)(C)c2c1[nH]c1cc(F)ccc21.CC(C)OC(=O)C1=CNCC(C)(C)c2c1[nH]c1cc(F)ccc21.CN1CCNCC1.Cl.Fc1ccc2cc[nH]c2c1.N#CCc1c[nH]c2cc(F)ccc12.[I-]. The van der Waals surface area contributed by atoms with Crippen molar-refractivity contribution in [3.05, 3.63) is 227 Å². The van der Waals surface area contributed by atoms with Gasteiger partial charge in [-0.15, -0.1) is 12.4 Å². The molecular formula is C96H116BrClF6IN15O8. The van der Waals surface area contributed by atoms with Crippen molar-refractivity contribution in [2.45, 2.75) is 143 Å². The molecule has 0 spiro atoms. The minimum atomic E-state index is -0.771. The number of halogens is 9. The first-order chi connectivity index (χ1) is 59.4. The van der Waals surface area contributed by atoms with Gasteiger partial charge in [-0.2, -0.15) is 10.5 Å². The number of quaternary nitrogens is 1. The summed E-state index contributed by atoms with van der Waals surface area (Å²) in [4.78, 5) is 84.5. The fourth-order valence-electron chi connectivity index (χ4n) is 14.8. The van der Waals surface area contributed by atoms with Gasteiger partial charge in [0.15, 0.2) is 0 Å². The average molecular weight is 1960 g/mol. The lowest BCUT2D eigenvalue weighted by Crippen LogP contribution is -3.00. The van der Waals surface area contributed by atoms with Crippen LogP contribution in [0.4, 0.5) is 31.1 Å². The number of H-pyrrole nitrogens is 6. The van der Waals surface area contributed by atoms with E-state index in [2.05, 4.69) is 127 Å². The Labute approximate surface area is 774 Å². The number of carbonyl (C=O) groups is 5. The summed E-state index contributed by atoms with van der Waals surface area (Å²) in [5.41, 5.74) is 15.7. The number of nitriles is 2. The normalized spacial score (nSPS) is 14.9. The topological polar surface area (TPSA) is 315 Å². The molecule has 32 heteroatoms. The lowest BCUT2D eigenvalue weighted by atomic mass is 9.82. The number of likely N-dealkylation sites (N-methyl/N-ethyl adjacent to an activating group) is 2. The number of nitrogens with zero attached hydrogens (tertiary/aromatic N) is 6. The van der Waals surface area contributed by atoms with Crippen molar-refractivity contribution in [1.82, 2.24) is 55.2 Å². The molecule has 2 fully saturated rings. The number of amides is 2. The van der Waals surface area contributed by atoms with Crippen LogP contribution in [0.3, 0.4) is 0 Å². The summed E-state index contributed by atoms with van der Waals surface area (Å²) in [5, 5.41) is 29.7. The number of benzene rings is 6. The van der Waals surface area contributed by atoms with Crippen LogP contribution < -0.4 is 40.3 Å². The number of esters is 3. The Balaban J connectivity index is 0.000000209. The van der Waals surface area contributed by atoms with Gasteiger partial charge in [-0.05, 0) is 211 Å². The van der Waals surface area contributed by atoms with Crippen LogP contribution in [-0.2, 0) is 61.5 Å². The molecule has 0 radical (unpaired) electrons. The molecule has 4 aliphatic rings. The Hall–Kier alpha value is -10.9. The number of aromatic nitrogens is 6. The Bertz CT molecular complexity index is 6010. The number of Topliss-reactive ketones (excluding diaryl/α,β-unsaturated/α-hetero) is 1. The first-order valence-corrected chi connectivity index (χ1v) is 42.8. The molecule has 16 rings (SSSR count). The fourth-order valence-corrected chi connectivity index (χ4v) is 15.1. The highest BCUT2D eigenvalue weighted by Gasteiger charge is 2.41. The van der Waals surface area contributed by atoms with Gasteiger partial charge in [0.25, 0.3) is 5.78 Å². The fraction of sp³-hybridized carbons (Fsp3) is 0.385. The van der Waals surface area contributed by atoms with E-state index in [1.54, 1.807) is 100.0 Å². The van der Waals surface area contributed by atoms with Crippen LogP contribution in [0.5, 0.6) is 0 Å². The van der Waals surface area contributed by atoms with E-state index >= 15 is 0 Å². The number of nitrogens with two attached hydrogens (primary N) is 1. The number of hydrogen-bond acceptors (Lipinski definition) is 14. The number of aromatic amines is 6. The second-order valence-electron chi connectivity index (χ2n) is 35.3. The lowest BCUT2D eigenvalue weighted by molar-refractivity contribution is -0.894. The zero-order valence-corrected chi connectivity index (χ0v) is 79.9. The summed E-state index contributed by atoms with van der Waals surface area (Å²) in [6.45, 7) is 36.2. The van der Waals surface area contributed by atoms with Crippen LogP contribution in [0.2, 0.25) is 0 Å². The summed E-state index contributed by atoms with van der Waals surface area (Å²) in [6, 6.07) is 33.9. The number of ketones is 1. The van der Waals surface area contributed by atoms with Crippen molar-refractivity contribution >= 4 is 135 Å². The number of fused-ring (bicyclic) bond motifs is 10. The van der Waals surface area contributed by atoms with E-state index in [0.29, 0.717) is 67.1 Å². The van der Waals surface area contributed by atoms with Crippen molar-refractivity contribution in [3.63, 3.8) is 0 Å². The van der Waals surface area contributed by atoms with Gasteiger partial charge in [0.2, 0.25) is 0 Å². The monoisotopic (exact) mass is 1960 g/mol. The molecule has 0 bridgehead atoms. The number of hydrogen-bond donors (Lipinski definition) is 9. The van der Waals surface area contributed by atoms with Crippen LogP contribution >= 0.6 is 28.3 Å². The van der Waals surface area contributed by atoms with Crippen LogP contribution in [0.1, 0.15) is 136 Å². The highest BCUT2D eigenvalue weighted by Crippen LogP contribution is 2.43. The van der Waals surface area contributed by atoms with E-state index < -0.39 is 34.5 Å². The molecule has 10 N–H and O–H groups in total. The second kappa shape index (κ2) is 45.4. The third kappa shape index (κ3) is 27.1. The van der Waals surface area contributed by atoms with E-state index in [-0.39, 0.29) is 117 Å². The third-order valence-electron chi connectivity index (χ3n) is 21.7. The van der Waals surface area contributed by atoms with Gasteiger partial charge in [0.1, 0.15) is 34.9 Å². The predicted molar refractivity (Wildman–Crippen MR) is 495 cm³/mol. The van der Waals surface area contributed by atoms with E-state index in [1.165, 1.54) is 85.9 Å². The summed E-state index contributed by atoms with van der Waals surface area (Å²) in [6.07, 6.45) is 10.1. The summed E-state index contributed by atoms with van der Waals surface area (Å²) in [7, 11) is 6.48. The molecular weight excluding hydrogens is 1850 g/mol. The Morgan fingerprint density at radius 2 is 1.01 bits per heavy atom. The van der Waals surface area contributed by atoms with Crippen molar-refractivity contribution in [2.75, 3.05) is 98.5 Å². The number of piperazine rings is 2. The maximum Gasteiger partial charge on any atom is 0.375 e. The highest BCUT2D eigenvalue weighted by atomic mass is 127. The summed E-state index contributed by atoms with van der Waals surface area (Å²) >= 11 is 2.85. The maximum atomic E-state index is 13.9. The van der Waals surface area contributed by atoms with Gasteiger partial charge in [-0.1, -0.05) is 57.5 Å². The Morgan fingerprint density at radius 3 is 1.48 bits per heavy atom. The standard InChI is InChI=1S/C25H34FN4O3.C18H21FN2O2.C12H15FN2.C12H11FN2.C10H7FN2.C8H6FN.C6H9BrO3.C5H12N2.ClH.HI/c1-16(2)33-23(31)19-14-29(24(32)28-9-11-30(5,6)12-10-28)15-25(3,4)21-18-8-7-17(26)13-20(18)27-22(19)21;1-10(2)23-17(22)13-8-20-9-18(3,4)15-12-6-5-11(19)7-14(12)21-16(13)15;2*1-12(2,7-14)10-6-15-11-5-8(13)3-4-9(10)11;11-8-1-2-9-7(3-4-12)6-13-10(9)5-8;9-7-2-1-6-3-4-10-8(6)5-7;1-4(2)10-6(9)5(8)3-7;1-7-4-2-6-3-5-7;;/h7-8,13-14,16,27H,9-12,15H2,1-6H3;5-8,10,20-21H,9H2,1-4H3;3-6,15H,7,14H2,1-2H3;3-6,15H,1-2H3;1-2,5-6,13H,3H2;1-5,10H;4H,3H2,1-2H3;6H,2-5H2,1H3;2*1H/q+1;;;;;;;;;/p-1. The molecule has 12 aromatic rings. The zero-order valence-electron chi connectivity index (χ0n) is 75.3. The zero-order chi connectivity index (χ0) is 92.5. The van der Waals surface area contributed by atoms with Gasteiger partial charge < -0.3 is 98.7 Å². The minimum absolute atomic E-state index is 0. The quantitative estimate of drug-likeness (QED) is 0.0111. The van der Waals surface area contributed by atoms with Crippen LogP contribution in [-0.4, -0.2) is 196 Å². The highest BCUT2D eigenvalue weighted by molar-refractivity contribution is 9.09. The number of nitrogens with one attached hydrogen (secondary N) is 8. The minimum Gasteiger partial charge on any atom is -1.00 e. The number of alkyl halides is 1. The number of rotatable bonds is 11. The van der Waals surface area contributed by atoms with E-state index in [1.807, 2.05) is 58.7 Å². The summed E-state index contributed by atoms with van der Waals surface area (Å²) in [5.74, 6) is -3.83. The van der Waals surface area contributed by atoms with Crippen LogP contribution in [0, 0.1) is 57.6 Å². The van der Waals surface area contributed by atoms with Gasteiger partial charge in [-0.25, -0.2) is 45.5 Å². The molecule has 6 aromatic carbocycles. The number of carbonyl (C=O) groups excluding carboxylic acids is 5. The molecule has 2 saturated heterocycles. The molecule has 6 aromatic heterocycles. The van der Waals surface area contributed by atoms with Gasteiger partial charge >= 0.3 is 23.9 Å². The Morgan fingerprint density at radius 1 is 0.570 bits per heavy atom. The van der Waals surface area contributed by atoms with Crippen LogP contribution in [0.25, 0.3) is 76.6 Å². The molecule has 23 nitrogen and oxygen atoms in total. The molecule has 0 saturated carbocycles. The molecule has 128 heavy (non-hydrogen) atoms. The molecule has 4 aliphatic heterocycles. The van der Waals surface area contributed by atoms with E-state index in [4.69, 9.17) is 25.7 Å². The molecule has 10 heterocycles. The van der Waals surface area contributed by atoms with Gasteiger partial charge in [0.05, 0.1) is 110 Å². The molecule has 0 atom stereocenters. The van der Waals surface area contributed by atoms with E-state index in [9.17, 15) is 50.3 Å². The average Bonchev–Trinajstić information content (AvgIpc) is 1.59. The Kier molecular flexibility index (Phi) is 36.9. The lowest BCUT2D eigenvalue weighted by Gasteiger charge is -2.41. The van der Waals surface area contributed by atoms with Crippen molar-refractivity contribution in [1.29, 1.82) is 10.5 Å². The molecule has 2 amide bonds. The first kappa shape index (κ1) is 104. The van der Waals surface area contributed by atoms with Crippen LogP contribution in [0.15, 0.2) is 152 Å². The number of ether oxygens (including phenoxy) is 3. The van der Waals surface area contributed by atoms with Gasteiger partial charge in [0, 0.05) is 159 Å². The third-order valence-corrected chi connectivity index (χ3v) is 22.2. The largest absolute Gasteiger partial charge is 1.00 e.